The summed E-state index contributed by atoms with van der Waals surface area (Å²) in [6.45, 7) is 4.29. The minimum absolute atomic E-state index is 0.0585. The molecule has 0 fully saturated rings. The van der Waals surface area contributed by atoms with Crippen LogP contribution in [0.5, 0.6) is 0 Å². The second-order valence-corrected chi connectivity index (χ2v) is 5.93. The summed E-state index contributed by atoms with van der Waals surface area (Å²) >= 11 is 7.22. The third-order valence-corrected chi connectivity index (χ3v) is 3.85. The van der Waals surface area contributed by atoms with Gasteiger partial charge in [-0.3, -0.25) is 9.59 Å². The molecule has 7 heteroatoms. The number of anilines is 1. The van der Waals surface area contributed by atoms with Gasteiger partial charge in [-0.05, 0) is 6.92 Å². The highest BCUT2D eigenvalue weighted by atomic mass is 35.5. The summed E-state index contributed by atoms with van der Waals surface area (Å²) < 4.78 is 0. The standard InChI is InChI=1S/C11H14ClN3O2S/c1-6(12)10(17)15-4-3-8-9(5-15)18-11(14-8)13-7(2)16/h6H,3-5H2,1-2H3,(H,13,14,16). The second-order valence-electron chi connectivity index (χ2n) is 4.20. The van der Waals surface area contributed by atoms with Crippen LogP contribution in [0.1, 0.15) is 24.4 Å². The molecule has 1 aromatic heterocycles. The first-order valence-electron chi connectivity index (χ1n) is 5.66. The zero-order valence-electron chi connectivity index (χ0n) is 10.2. The van der Waals surface area contributed by atoms with Gasteiger partial charge in [-0.1, -0.05) is 11.3 Å². The Morgan fingerprint density at radius 2 is 2.28 bits per heavy atom. The van der Waals surface area contributed by atoms with Gasteiger partial charge in [0.25, 0.3) is 0 Å². The topological polar surface area (TPSA) is 62.3 Å². The van der Waals surface area contributed by atoms with Gasteiger partial charge < -0.3 is 10.2 Å². The lowest BCUT2D eigenvalue weighted by molar-refractivity contribution is -0.131. The molecule has 2 rings (SSSR count). The Balaban J connectivity index is 2.12. The fraction of sp³-hybridized carbons (Fsp3) is 0.545. The van der Waals surface area contributed by atoms with E-state index in [0.717, 1.165) is 10.6 Å². The fourth-order valence-electron chi connectivity index (χ4n) is 1.84. The number of carbonyl (C=O) groups excluding carboxylic acids is 2. The SMILES string of the molecule is CC(=O)Nc1nc2c(s1)CN(C(=O)C(C)Cl)CC2. The molecular formula is C11H14ClN3O2S. The molecule has 0 aromatic carbocycles. The molecule has 98 valence electrons. The van der Waals surface area contributed by atoms with Gasteiger partial charge in [0, 0.05) is 24.8 Å². The monoisotopic (exact) mass is 287 g/mol. The van der Waals surface area contributed by atoms with Gasteiger partial charge in [0.05, 0.1) is 12.2 Å². The maximum absolute atomic E-state index is 11.8. The van der Waals surface area contributed by atoms with Crippen molar-refractivity contribution in [1.29, 1.82) is 0 Å². The Labute approximate surface area is 114 Å². The average Bonchev–Trinajstić information content (AvgIpc) is 2.67. The van der Waals surface area contributed by atoms with Crippen LogP contribution in [0.25, 0.3) is 0 Å². The number of halogens is 1. The first-order valence-corrected chi connectivity index (χ1v) is 6.91. The van der Waals surface area contributed by atoms with E-state index in [0.29, 0.717) is 24.6 Å². The maximum Gasteiger partial charge on any atom is 0.240 e. The lowest BCUT2D eigenvalue weighted by atomic mass is 10.1. The molecular weight excluding hydrogens is 274 g/mol. The molecule has 18 heavy (non-hydrogen) atoms. The van der Waals surface area contributed by atoms with Gasteiger partial charge in [0.1, 0.15) is 5.38 Å². The van der Waals surface area contributed by atoms with E-state index < -0.39 is 5.38 Å². The third-order valence-electron chi connectivity index (χ3n) is 2.67. The summed E-state index contributed by atoms with van der Waals surface area (Å²) in [6.07, 6.45) is 0.709. The summed E-state index contributed by atoms with van der Waals surface area (Å²) in [6, 6.07) is 0. The van der Waals surface area contributed by atoms with Gasteiger partial charge in [-0.25, -0.2) is 4.98 Å². The van der Waals surface area contributed by atoms with Crippen LogP contribution in [-0.4, -0.2) is 33.6 Å². The van der Waals surface area contributed by atoms with Gasteiger partial charge in [0.15, 0.2) is 5.13 Å². The van der Waals surface area contributed by atoms with E-state index >= 15 is 0 Å². The summed E-state index contributed by atoms with van der Waals surface area (Å²) in [5.41, 5.74) is 0.968. The minimum Gasteiger partial charge on any atom is -0.336 e. The highest BCUT2D eigenvalue weighted by Crippen LogP contribution is 2.28. The number of carbonyl (C=O) groups is 2. The summed E-state index contributed by atoms with van der Waals surface area (Å²) in [5.74, 6) is -0.194. The van der Waals surface area contributed by atoms with Crippen molar-refractivity contribution in [1.82, 2.24) is 9.88 Å². The highest BCUT2D eigenvalue weighted by molar-refractivity contribution is 7.15. The van der Waals surface area contributed by atoms with E-state index in [-0.39, 0.29) is 11.8 Å². The lowest BCUT2D eigenvalue weighted by Crippen LogP contribution is -2.39. The van der Waals surface area contributed by atoms with Crippen LogP contribution in [-0.2, 0) is 22.6 Å². The van der Waals surface area contributed by atoms with Crippen molar-refractivity contribution in [3.63, 3.8) is 0 Å². The Morgan fingerprint density at radius 3 is 2.89 bits per heavy atom. The van der Waals surface area contributed by atoms with Gasteiger partial charge in [0.2, 0.25) is 11.8 Å². The predicted molar refractivity (Wildman–Crippen MR) is 70.9 cm³/mol. The summed E-state index contributed by atoms with van der Waals surface area (Å²) in [4.78, 5) is 29.9. The lowest BCUT2D eigenvalue weighted by Gasteiger charge is -2.26. The maximum atomic E-state index is 11.8. The largest absolute Gasteiger partial charge is 0.336 e. The molecule has 0 aliphatic carbocycles. The number of thiazole rings is 1. The second kappa shape index (κ2) is 5.24. The third kappa shape index (κ3) is 2.81. The van der Waals surface area contributed by atoms with Crippen molar-refractivity contribution >= 4 is 39.9 Å². The zero-order valence-corrected chi connectivity index (χ0v) is 11.8. The van der Waals surface area contributed by atoms with E-state index in [4.69, 9.17) is 11.6 Å². The van der Waals surface area contributed by atoms with E-state index in [1.54, 1.807) is 11.8 Å². The van der Waals surface area contributed by atoms with Crippen LogP contribution in [0.3, 0.4) is 0 Å². The first-order chi connectivity index (χ1) is 8.47. The first kappa shape index (κ1) is 13.3. The van der Waals surface area contributed by atoms with Gasteiger partial charge >= 0.3 is 0 Å². The molecule has 2 heterocycles. The number of hydrogen-bond donors (Lipinski definition) is 1. The fourth-order valence-corrected chi connectivity index (χ4v) is 3.05. The molecule has 1 aliphatic rings. The molecule has 5 nitrogen and oxygen atoms in total. The quantitative estimate of drug-likeness (QED) is 0.841. The number of alkyl halides is 1. The van der Waals surface area contributed by atoms with Crippen molar-refractivity contribution in [3.8, 4) is 0 Å². The van der Waals surface area contributed by atoms with Crippen molar-refractivity contribution < 1.29 is 9.59 Å². The molecule has 1 N–H and O–H groups in total. The Hall–Kier alpha value is -1.14. The van der Waals surface area contributed by atoms with Gasteiger partial charge in [-0.15, -0.1) is 11.6 Å². The summed E-state index contributed by atoms with van der Waals surface area (Å²) in [7, 11) is 0. The number of nitrogens with zero attached hydrogens (tertiary/aromatic N) is 2. The van der Waals surface area contributed by atoms with Crippen LogP contribution in [0.2, 0.25) is 0 Å². The number of fused-ring (bicyclic) bond motifs is 1. The van der Waals surface area contributed by atoms with Crippen LogP contribution >= 0.6 is 22.9 Å². The smallest absolute Gasteiger partial charge is 0.240 e. The molecule has 0 saturated carbocycles. The average molecular weight is 288 g/mol. The molecule has 2 amide bonds. The van der Waals surface area contributed by atoms with Crippen molar-refractivity contribution in [3.05, 3.63) is 10.6 Å². The number of rotatable bonds is 2. The van der Waals surface area contributed by atoms with Crippen LogP contribution < -0.4 is 5.32 Å². The van der Waals surface area contributed by atoms with Crippen molar-refractivity contribution in [2.45, 2.75) is 32.2 Å². The number of hydrogen-bond acceptors (Lipinski definition) is 4. The number of aromatic nitrogens is 1. The molecule has 0 radical (unpaired) electrons. The molecule has 0 bridgehead atoms. The van der Waals surface area contributed by atoms with Crippen LogP contribution in [0.4, 0.5) is 5.13 Å². The Bertz CT molecular complexity index is 487. The molecule has 0 spiro atoms. The number of nitrogens with one attached hydrogen (secondary N) is 1. The van der Waals surface area contributed by atoms with Crippen LogP contribution in [0, 0.1) is 0 Å². The molecule has 1 aliphatic heterocycles. The predicted octanol–water partition coefficient (Wildman–Crippen LogP) is 1.61. The highest BCUT2D eigenvalue weighted by Gasteiger charge is 2.26. The van der Waals surface area contributed by atoms with Crippen molar-refractivity contribution in [2.24, 2.45) is 0 Å². The van der Waals surface area contributed by atoms with Crippen LogP contribution in [0.15, 0.2) is 0 Å². The molecule has 1 atom stereocenters. The van der Waals surface area contributed by atoms with E-state index in [2.05, 4.69) is 10.3 Å². The molecule has 0 saturated heterocycles. The van der Waals surface area contributed by atoms with Gasteiger partial charge in [-0.2, -0.15) is 0 Å². The number of amides is 2. The van der Waals surface area contributed by atoms with Crippen molar-refractivity contribution in [2.75, 3.05) is 11.9 Å². The van der Waals surface area contributed by atoms with E-state index in [9.17, 15) is 9.59 Å². The Kier molecular flexibility index (Phi) is 3.87. The minimum atomic E-state index is -0.505. The zero-order chi connectivity index (χ0) is 13.3. The normalized spacial score (nSPS) is 16.1. The van der Waals surface area contributed by atoms with E-state index in [1.807, 2.05) is 0 Å². The summed E-state index contributed by atoms with van der Waals surface area (Å²) in [5, 5.41) is 2.76. The molecule has 1 unspecified atom stereocenters. The Morgan fingerprint density at radius 1 is 1.56 bits per heavy atom. The van der Waals surface area contributed by atoms with E-state index in [1.165, 1.54) is 18.3 Å². The molecule has 1 aromatic rings.